The average Bonchev–Trinajstić information content (AvgIpc) is 2.45. The number of aliphatic carboxylic acids is 3. The molecule has 0 aromatic heterocycles. The van der Waals surface area contributed by atoms with E-state index in [9.17, 15) is 14.4 Å². The molecule has 0 rings (SSSR count). The third-order valence-electron chi connectivity index (χ3n) is 2.32. The van der Waals surface area contributed by atoms with Crippen molar-refractivity contribution in [3.63, 3.8) is 0 Å². The zero-order chi connectivity index (χ0) is 19.3. The third-order valence-corrected chi connectivity index (χ3v) is 2.32. The van der Waals surface area contributed by atoms with Crippen molar-refractivity contribution in [1.82, 2.24) is 0 Å². The molecule has 0 spiro atoms. The maximum Gasteiger partial charge on any atom is 0.323 e. The summed E-state index contributed by atoms with van der Waals surface area (Å²) in [5.41, 5.74) is 14.8. The highest BCUT2D eigenvalue weighted by Gasteiger charge is 2.16. The first-order valence-corrected chi connectivity index (χ1v) is 6.53. The lowest BCUT2D eigenvalue weighted by Gasteiger charge is -2.07. The second-order valence-corrected chi connectivity index (χ2v) is 4.84. The number of hydrogen-bond donors (Lipinski definition) is 8. The van der Waals surface area contributed by atoms with Gasteiger partial charge in [0.15, 0.2) is 0 Å². The van der Waals surface area contributed by atoms with Gasteiger partial charge in [0.05, 0.1) is 12.7 Å². The molecule has 138 valence electrons. The van der Waals surface area contributed by atoms with Crippen LogP contribution in [0.25, 0.3) is 0 Å². The molecule has 4 atom stereocenters. The van der Waals surface area contributed by atoms with Gasteiger partial charge in [-0.1, -0.05) is 13.8 Å². The van der Waals surface area contributed by atoms with E-state index in [2.05, 4.69) is 0 Å². The van der Waals surface area contributed by atoms with Crippen molar-refractivity contribution in [2.75, 3.05) is 6.61 Å². The van der Waals surface area contributed by atoms with Crippen molar-refractivity contribution < 1.29 is 39.9 Å². The van der Waals surface area contributed by atoms with Crippen LogP contribution in [-0.4, -0.2) is 74.3 Å². The topological polar surface area (TPSA) is 230 Å². The zero-order valence-electron chi connectivity index (χ0n) is 13.3. The molecule has 0 aliphatic rings. The Balaban J connectivity index is -0.000000262. The van der Waals surface area contributed by atoms with Gasteiger partial charge in [0.1, 0.15) is 18.1 Å². The predicted molar refractivity (Wildman–Crippen MR) is 80.4 cm³/mol. The first kappa shape index (κ1) is 26.1. The number of carboxylic acids is 3. The molecule has 0 fully saturated rings. The van der Waals surface area contributed by atoms with Gasteiger partial charge in [0, 0.05) is 0 Å². The first-order valence-electron chi connectivity index (χ1n) is 6.53. The van der Waals surface area contributed by atoms with E-state index < -0.39 is 48.7 Å². The minimum atomic E-state index is -1.18. The fraction of sp³-hybridized carbons (Fsp3) is 0.750. The molecule has 4 unspecified atom stereocenters. The number of aliphatic hydroxyl groups is 2. The molecule has 0 bridgehead atoms. The number of nitrogens with two attached hydrogens (primary N) is 3. The fourth-order valence-corrected chi connectivity index (χ4v) is 0.570. The summed E-state index contributed by atoms with van der Waals surface area (Å²) in [6.07, 6.45) is -0.979. The van der Waals surface area contributed by atoms with Crippen molar-refractivity contribution in [2.45, 2.75) is 45.0 Å². The molecule has 11 N–H and O–H groups in total. The van der Waals surface area contributed by atoms with Crippen molar-refractivity contribution >= 4 is 17.9 Å². The Bertz CT molecular complexity index is 338. The van der Waals surface area contributed by atoms with E-state index in [1.54, 1.807) is 13.8 Å². The second-order valence-electron chi connectivity index (χ2n) is 4.84. The van der Waals surface area contributed by atoms with Crippen LogP contribution in [-0.2, 0) is 14.4 Å². The Hall–Kier alpha value is -1.79. The lowest BCUT2D eigenvalue weighted by atomic mass is 10.1. The lowest BCUT2D eigenvalue weighted by molar-refractivity contribution is -0.141. The first-order chi connectivity index (χ1) is 10.3. The summed E-state index contributed by atoms with van der Waals surface area (Å²) in [6.45, 7) is 4.38. The van der Waals surface area contributed by atoms with Crippen LogP contribution in [0.2, 0.25) is 0 Å². The Morgan fingerprint density at radius 3 is 1.17 bits per heavy atom. The summed E-state index contributed by atoms with van der Waals surface area (Å²) in [5, 5.41) is 40.7. The molecule has 0 amide bonds. The van der Waals surface area contributed by atoms with E-state index in [0.29, 0.717) is 0 Å². The van der Waals surface area contributed by atoms with Crippen LogP contribution in [0.4, 0.5) is 0 Å². The second kappa shape index (κ2) is 13.8. The maximum absolute atomic E-state index is 10.0. The fourth-order valence-electron chi connectivity index (χ4n) is 0.570. The molecule has 0 aromatic carbocycles. The largest absolute Gasteiger partial charge is 0.480 e. The maximum atomic E-state index is 10.0. The van der Waals surface area contributed by atoms with Crippen molar-refractivity contribution in [1.29, 1.82) is 0 Å². The van der Waals surface area contributed by atoms with Gasteiger partial charge in [-0.3, -0.25) is 14.4 Å². The monoisotopic (exact) mass is 341 g/mol. The van der Waals surface area contributed by atoms with Gasteiger partial charge < -0.3 is 42.7 Å². The van der Waals surface area contributed by atoms with Crippen molar-refractivity contribution in [2.24, 2.45) is 23.1 Å². The smallest absolute Gasteiger partial charge is 0.323 e. The summed E-state index contributed by atoms with van der Waals surface area (Å²) < 4.78 is 0. The third kappa shape index (κ3) is 16.4. The summed E-state index contributed by atoms with van der Waals surface area (Å²) in [7, 11) is 0. The van der Waals surface area contributed by atoms with Crippen LogP contribution in [0, 0.1) is 5.92 Å². The number of carboxylic acid groups (broad SMARTS) is 3. The standard InChI is InChI=1S/C5H11NO2.C4H9NO3.C3H7NO3/c1-3(2)4(6)5(7)8;1-2(6)3(5)4(7)8;4-2(1-5)3(6)7/h3-4H,6H2,1-2H3,(H,7,8);2-3,6H,5H2,1H3,(H,7,8);2,5H,1,4H2,(H,6,7). The van der Waals surface area contributed by atoms with Crippen LogP contribution in [0.3, 0.4) is 0 Å². The van der Waals surface area contributed by atoms with Gasteiger partial charge in [-0.05, 0) is 12.8 Å². The number of rotatable bonds is 6. The molecular weight excluding hydrogens is 314 g/mol. The van der Waals surface area contributed by atoms with Gasteiger partial charge in [-0.15, -0.1) is 0 Å². The molecule has 0 radical (unpaired) electrons. The Morgan fingerprint density at radius 2 is 1.17 bits per heavy atom. The quantitative estimate of drug-likeness (QED) is 0.246. The van der Waals surface area contributed by atoms with E-state index >= 15 is 0 Å². The van der Waals surface area contributed by atoms with Crippen LogP contribution < -0.4 is 17.2 Å². The molecule has 23 heavy (non-hydrogen) atoms. The van der Waals surface area contributed by atoms with Gasteiger partial charge >= 0.3 is 17.9 Å². The molecule has 0 aromatic rings. The summed E-state index contributed by atoms with van der Waals surface area (Å²) >= 11 is 0. The van der Waals surface area contributed by atoms with Gasteiger partial charge in [-0.2, -0.15) is 0 Å². The van der Waals surface area contributed by atoms with Gasteiger partial charge in [0.2, 0.25) is 0 Å². The van der Waals surface area contributed by atoms with E-state index in [1.807, 2.05) is 0 Å². The Labute approximate surface area is 133 Å². The molecule has 0 saturated heterocycles. The highest BCUT2D eigenvalue weighted by Crippen LogP contribution is 1.96. The minimum Gasteiger partial charge on any atom is -0.480 e. The Kier molecular flexibility index (Phi) is 15.7. The SMILES string of the molecule is CC(C)C(N)C(=O)O.CC(O)C(N)C(=O)O.NC(CO)C(=O)O. The molecule has 0 aliphatic heterocycles. The zero-order valence-corrected chi connectivity index (χ0v) is 13.3. The van der Waals surface area contributed by atoms with Crippen LogP contribution >= 0.6 is 0 Å². The molecule has 0 saturated carbocycles. The summed E-state index contributed by atoms with van der Waals surface area (Å²) in [6, 6.07) is -3.00. The molecule has 0 aliphatic carbocycles. The minimum absolute atomic E-state index is 0.0208. The van der Waals surface area contributed by atoms with E-state index in [0.717, 1.165) is 0 Å². The normalized spacial score (nSPS) is 15.0. The molecule has 0 heterocycles. The van der Waals surface area contributed by atoms with Gasteiger partial charge in [-0.25, -0.2) is 0 Å². The van der Waals surface area contributed by atoms with Crippen LogP contribution in [0.15, 0.2) is 0 Å². The van der Waals surface area contributed by atoms with Gasteiger partial charge in [0.25, 0.3) is 0 Å². The number of carbonyl (C=O) groups is 3. The highest BCUT2D eigenvalue weighted by atomic mass is 16.4. The number of aliphatic hydroxyl groups excluding tert-OH is 2. The average molecular weight is 341 g/mol. The van der Waals surface area contributed by atoms with E-state index in [4.69, 9.17) is 42.7 Å². The summed E-state index contributed by atoms with van der Waals surface area (Å²) in [4.78, 5) is 29.5. The molecular formula is C12H27N3O8. The summed E-state index contributed by atoms with van der Waals surface area (Å²) in [5.74, 6) is -3.27. The Morgan fingerprint density at radius 1 is 0.826 bits per heavy atom. The molecule has 11 nitrogen and oxygen atoms in total. The van der Waals surface area contributed by atoms with Crippen LogP contribution in [0.1, 0.15) is 20.8 Å². The number of hydrogen-bond acceptors (Lipinski definition) is 8. The highest BCUT2D eigenvalue weighted by molar-refractivity contribution is 5.74. The van der Waals surface area contributed by atoms with Crippen molar-refractivity contribution in [3.05, 3.63) is 0 Å². The van der Waals surface area contributed by atoms with E-state index in [1.165, 1.54) is 6.92 Å². The van der Waals surface area contributed by atoms with Crippen LogP contribution in [0.5, 0.6) is 0 Å². The predicted octanol–water partition coefficient (Wildman–Crippen LogP) is -2.78. The van der Waals surface area contributed by atoms with Crippen molar-refractivity contribution in [3.8, 4) is 0 Å². The molecule has 11 heteroatoms. The van der Waals surface area contributed by atoms with E-state index in [-0.39, 0.29) is 5.92 Å². The lowest BCUT2D eigenvalue weighted by Crippen LogP contribution is -2.39.